The van der Waals surface area contributed by atoms with Crippen LogP contribution in [0.15, 0.2) is 42.7 Å². The number of pyridine rings is 1. The van der Waals surface area contributed by atoms with Gasteiger partial charge in [0.05, 0.1) is 17.2 Å². The zero-order valence-corrected chi connectivity index (χ0v) is 18.0. The number of nitrogens with one attached hydrogen (secondary N) is 1. The molecule has 0 radical (unpaired) electrons. The van der Waals surface area contributed by atoms with Gasteiger partial charge in [0.2, 0.25) is 5.91 Å². The van der Waals surface area contributed by atoms with Crippen LogP contribution < -0.4 is 10.1 Å². The minimum absolute atomic E-state index is 0.123. The summed E-state index contributed by atoms with van der Waals surface area (Å²) >= 11 is 0. The van der Waals surface area contributed by atoms with Crippen LogP contribution in [0.2, 0.25) is 0 Å². The number of Topliss-reactive ketones (excluding diaryl/α,β-unsaturated/α-hetero) is 1. The summed E-state index contributed by atoms with van der Waals surface area (Å²) < 4.78 is 7.94. The Labute approximate surface area is 186 Å². The maximum atomic E-state index is 13.2. The number of para-hydroxylation sites is 2. The van der Waals surface area contributed by atoms with Crippen LogP contribution in [0.3, 0.4) is 0 Å². The van der Waals surface area contributed by atoms with E-state index in [0.29, 0.717) is 36.8 Å². The first kappa shape index (κ1) is 20.6. The van der Waals surface area contributed by atoms with Crippen molar-refractivity contribution in [1.82, 2.24) is 19.4 Å². The van der Waals surface area contributed by atoms with Crippen LogP contribution in [-0.4, -0.2) is 57.4 Å². The molecule has 0 bridgehead atoms. The van der Waals surface area contributed by atoms with E-state index in [1.807, 2.05) is 28.8 Å². The molecule has 1 aromatic carbocycles. The molecule has 2 aliphatic rings. The van der Waals surface area contributed by atoms with Crippen LogP contribution in [0.5, 0.6) is 5.75 Å². The molecule has 8 heteroatoms. The number of anilines is 1. The largest absolute Gasteiger partial charge is 0.490 e. The summed E-state index contributed by atoms with van der Waals surface area (Å²) in [6.45, 7) is 4.13. The summed E-state index contributed by atoms with van der Waals surface area (Å²) in [6, 6.07) is 9.44. The summed E-state index contributed by atoms with van der Waals surface area (Å²) in [4.78, 5) is 37.1. The summed E-state index contributed by atoms with van der Waals surface area (Å²) in [5.74, 6) is -0.419. The topological polar surface area (TPSA) is 89.3 Å². The van der Waals surface area contributed by atoms with Crippen molar-refractivity contribution in [2.24, 2.45) is 0 Å². The molecule has 0 aliphatic carbocycles. The summed E-state index contributed by atoms with van der Waals surface area (Å²) in [7, 11) is 0. The molecule has 32 heavy (non-hydrogen) atoms. The molecule has 1 unspecified atom stereocenters. The molecule has 1 saturated heterocycles. The van der Waals surface area contributed by atoms with E-state index in [9.17, 15) is 9.59 Å². The predicted molar refractivity (Wildman–Crippen MR) is 121 cm³/mol. The lowest BCUT2D eigenvalue weighted by Gasteiger charge is -2.26. The predicted octanol–water partition coefficient (Wildman–Crippen LogP) is 2.99. The molecule has 5 rings (SSSR count). The van der Waals surface area contributed by atoms with E-state index in [0.717, 1.165) is 30.7 Å². The highest BCUT2D eigenvalue weighted by molar-refractivity contribution is 6.12. The number of amides is 1. The van der Waals surface area contributed by atoms with Crippen LogP contribution >= 0.6 is 0 Å². The molecule has 4 heterocycles. The third-order valence-electron chi connectivity index (χ3n) is 6.26. The number of imidazole rings is 1. The molecule has 3 aromatic rings. The minimum Gasteiger partial charge on any atom is -0.490 e. The number of nitrogens with zero attached hydrogens (tertiary/aromatic N) is 4. The van der Waals surface area contributed by atoms with Gasteiger partial charge in [0.25, 0.3) is 0 Å². The maximum Gasteiger partial charge on any atom is 0.242 e. The fraction of sp³-hybridized carbons (Fsp3) is 0.417. The van der Waals surface area contributed by atoms with Gasteiger partial charge in [-0.05, 0) is 38.1 Å². The number of benzene rings is 1. The molecule has 2 aliphatic heterocycles. The summed E-state index contributed by atoms with van der Waals surface area (Å²) in [5, 5.41) is 2.87. The average molecular weight is 434 g/mol. The van der Waals surface area contributed by atoms with Gasteiger partial charge in [-0.25, -0.2) is 4.98 Å². The number of hydrogen-bond acceptors (Lipinski definition) is 6. The third kappa shape index (κ3) is 4.10. The molecule has 0 spiro atoms. The van der Waals surface area contributed by atoms with Crippen molar-refractivity contribution >= 4 is 28.4 Å². The minimum atomic E-state index is -0.947. The number of ketones is 1. The quantitative estimate of drug-likeness (QED) is 0.601. The van der Waals surface area contributed by atoms with Gasteiger partial charge in [-0.3, -0.25) is 19.5 Å². The Morgan fingerprint density at radius 2 is 1.97 bits per heavy atom. The molecule has 1 N–H and O–H groups in total. The van der Waals surface area contributed by atoms with Crippen molar-refractivity contribution in [2.45, 2.75) is 38.1 Å². The first-order chi connectivity index (χ1) is 15.7. The van der Waals surface area contributed by atoms with Crippen molar-refractivity contribution < 1.29 is 14.3 Å². The van der Waals surface area contributed by atoms with Crippen LogP contribution in [-0.2, 0) is 16.1 Å². The van der Waals surface area contributed by atoms with E-state index < -0.39 is 11.8 Å². The Morgan fingerprint density at radius 1 is 1.12 bits per heavy atom. The van der Waals surface area contributed by atoms with E-state index >= 15 is 0 Å². The molecule has 2 aromatic heterocycles. The highest BCUT2D eigenvalue weighted by atomic mass is 16.5. The molecule has 1 fully saturated rings. The molecule has 1 amide bonds. The van der Waals surface area contributed by atoms with Gasteiger partial charge in [0, 0.05) is 31.8 Å². The summed E-state index contributed by atoms with van der Waals surface area (Å²) in [5.41, 5.74) is 2.20. The van der Waals surface area contributed by atoms with E-state index in [1.165, 1.54) is 19.3 Å². The maximum absolute atomic E-state index is 13.2. The molecule has 0 saturated carbocycles. The number of aromatic nitrogens is 3. The lowest BCUT2D eigenvalue weighted by atomic mass is 9.96. The van der Waals surface area contributed by atoms with Crippen molar-refractivity contribution in [1.29, 1.82) is 0 Å². The normalized spacial score (nSPS) is 19.0. The number of fused-ring (bicyclic) bond motifs is 3. The van der Waals surface area contributed by atoms with Gasteiger partial charge in [-0.2, -0.15) is 0 Å². The number of carbonyl (C=O) groups excluding carboxylic acids is 2. The van der Waals surface area contributed by atoms with Crippen LogP contribution in [0.4, 0.5) is 5.69 Å². The second kappa shape index (κ2) is 9.08. The second-order valence-electron chi connectivity index (χ2n) is 8.37. The van der Waals surface area contributed by atoms with Crippen molar-refractivity contribution in [3.05, 3.63) is 48.5 Å². The van der Waals surface area contributed by atoms with E-state index in [4.69, 9.17) is 4.74 Å². The first-order valence-corrected chi connectivity index (χ1v) is 11.3. The Bertz CT molecular complexity index is 1140. The van der Waals surface area contributed by atoms with Gasteiger partial charge in [-0.1, -0.05) is 18.6 Å². The van der Waals surface area contributed by atoms with Crippen LogP contribution in [0, 0.1) is 0 Å². The van der Waals surface area contributed by atoms with Gasteiger partial charge >= 0.3 is 0 Å². The second-order valence-corrected chi connectivity index (χ2v) is 8.37. The molecule has 1 atom stereocenters. The zero-order valence-electron chi connectivity index (χ0n) is 18.0. The monoisotopic (exact) mass is 433 g/mol. The number of rotatable bonds is 6. The molecule has 166 valence electrons. The van der Waals surface area contributed by atoms with Gasteiger partial charge in [0.15, 0.2) is 11.7 Å². The van der Waals surface area contributed by atoms with Gasteiger partial charge in [-0.15, -0.1) is 0 Å². The Morgan fingerprint density at radius 3 is 2.84 bits per heavy atom. The lowest BCUT2D eigenvalue weighted by molar-refractivity contribution is -0.128. The van der Waals surface area contributed by atoms with E-state index in [1.54, 1.807) is 18.5 Å². The number of likely N-dealkylation sites (tertiary alicyclic amines) is 1. The summed E-state index contributed by atoms with van der Waals surface area (Å²) in [6.07, 6.45) is 7.26. The number of piperidine rings is 1. The first-order valence-electron chi connectivity index (χ1n) is 11.3. The molecular formula is C24H27N5O3. The van der Waals surface area contributed by atoms with E-state index in [2.05, 4.69) is 20.2 Å². The fourth-order valence-corrected chi connectivity index (χ4v) is 4.60. The fourth-order valence-electron chi connectivity index (χ4n) is 4.60. The Balaban J connectivity index is 1.32. The molecular weight excluding hydrogens is 406 g/mol. The van der Waals surface area contributed by atoms with Crippen LogP contribution in [0.25, 0.3) is 11.0 Å². The molecule has 8 nitrogen and oxygen atoms in total. The number of aryl methyl sites for hydroxylation is 1. The highest BCUT2D eigenvalue weighted by Crippen LogP contribution is 2.31. The number of ether oxygens (including phenoxy) is 1. The van der Waals surface area contributed by atoms with Crippen LogP contribution in [0.1, 0.15) is 37.4 Å². The van der Waals surface area contributed by atoms with Gasteiger partial charge in [0.1, 0.15) is 23.9 Å². The number of hydrogen-bond donors (Lipinski definition) is 1. The zero-order chi connectivity index (χ0) is 21.9. The van der Waals surface area contributed by atoms with E-state index in [-0.39, 0.29) is 5.78 Å². The number of carbonyl (C=O) groups is 2. The standard InChI is InChI=1S/C24H27N5O3/c30-20-9-13-29-19-7-3-2-6-17(19)26-23(29)22(20)24(31)27-18-16-25-10-8-21(18)32-15-14-28-11-4-1-5-12-28/h2-3,6-8,10,16,22H,1,4-5,9,11-15H2,(H,27,31). The average Bonchev–Trinajstić information content (AvgIpc) is 3.19. The third-order valence-corrected chi connectivity index (χ3v) is 6.26. The SMILES string of the molecule is O=C1CCn2c(nc3ccccc32)C1C(=O)Nc1cnccc1OCCN1CCCCC1. The smallest absolute Gasteiger partial charge is 0.242 e. The van der Waals surface area contributed by atoms with Crippen molar-refractivity contribution in [3.63, 3.8) is 0 Å². The van der Waals surface area contributed by atoms with Crippen molar-refractivity contribution in [3.8, 4) is 5.75 Å². The van der Waals surface area contributed by atoms with Gasteiger partial charge < -0.3 is 14.6 Å². The Hall–Kier alpha value is -3.26. The Kier molecular flexibility index (Phi) is 5.85. The highest BCUT2D eigenvalue weighted by Gasteiger charge is 2.36. The lowest BCUT2D eigenvalue weighted by Crippen LogP contribution is -2.34. The van der Waals surface area contributed by atoms with Crippen molar-refractivity contribution in [2.75, 3.05) is 31.6 Å².